The summed E-state index contributed by atoms with van der Waals surface area (Å²) in [7, 11) is 1.96. The van der Waals surface area contributed by atoms with Gasteiger partial charge in [-0.2, -0.15) is 13.2 Å². The van der Waals surface area contributed by atoms with Gasteiger partial charge < -0.3 is 14.7 Å². The Hall–Kier alpha value is -1.76. The molecule has 116 valence electrons. The number of likely N-dealkylation sites (tertiary alicyclic amines) is 1. The number of carboxylic acids is 1. The van der Waals surface area contributed by atoms with Crippen LogP contribution in [0.5, 0.6) is 5.75 Å². The van der Waals surface area contributed by atoms with Crippen LogP contribution in [0, 0.1) is 0 Å². The fraction of sp³-hybridized carbons (Fsp3) is 0.500. The lowest BCUT2D eigenvalue weighted by molar-refractivity contribution is -0.137. The molecule has 0 aromatic heterocycles. The summed E-state index contributed by atoms with van der Waals surface area (Å²) in [6.45, 7) is 1.60. The molecule has 0 spiro atoms. The number of ether oxygens (including phenoxy) is 1. The highest BCUT2D eigenvalue weighted by Gasteiger charge is 2.32. The summed E-state index contributed by atoms with van der Waals surface area (Å²) in [5.74, 6) is -1.45. The summed E-state index contributed by atoms with van der Waals surface area (Å²) in [5.41, 5.74) is -1.43. The smallest absolute Gasteiger partial charge is 0.416 e. The Morgan fingerprint density at radius 2 is 1.90 bits per heavy atom. The maximum Gasteiger partial charge on any atom is 0.416 e. The number of halogens is 3. The maximum absolute atomic E-state index is 12.8. The van der Waals surface area contributed by atoms with Gasteiger partial charge in [0.1, 0.15) is 11.9 Å². The summed E-state index contributed by atoms with van der Waals surface area (Å²) in [4.78, 5) is 13.0. The molecule has 1 saturated heterocycles. The van der Waals surface area contributed by atoms with Crippen molar-refractivity contribution in [3.8, 4) is 5.75 Å². The van der Waals surface area contributed by atoms with E-state index in [4.69, 9.17) is 9.84 Å². The number of carboxylic acid groups (broad SMARTS) is 1. The summed E-state index contributed by atoms with van der Waals surface area (Å²) in [6.07, 6.45) is -3.38. The largest absolute Gasteiger partial charge is 0.490 e. The third-order valence-electron chi connectivity index (χ3n) is 3.45. The average molecular weight is 303 g/mol. The van der Waals surface area contributed by atoms with Crippen molar-refractivity contribution in [1.29, 1.82) is 0 Å². The summed E-state index contributed by atoms with van der Waals surface area (Å²) < 4.78 is 43.9. The molecule has 0 amide bonds. The molecule has 0 unspecified atom stereocenters. The molecule has 1 heterocycles. The van der Waals surface area contributed by atoms with Crippen LogP contribution in [-0.4, -0.2) is 42.2 Å². The predicted octanol–water partition coefficient (Wildman–Crippen LogP) is 2.88. The molecule has 0 bridgehead atoms. The molecule has 0 aliphatic carbocycles. The standard InChI is InChI=1S/C14H16F3NO3/c1-18-4-2-11(3-5-18)21-12-7-9(13(19)20)6-10(8-12)14(15,16)17/h6-8,11H,2-5H2,1H3,(H,19,20). The van der Waals surface area contributed by atoms with Gasteiger partial charge in [-0.05, 0) is 38.1 Å². The SMILES string of the molecule is CN1CCC(Oc2cc(C(=O)O)cc(C(F)(F)F)c2)CC1. The third kappa shape index (κ3) is 4.10. The molecule has 0 atom stereocenters. The lowest BCUT2D eigenvalue weighted by atomic mass is 10.1. The van der Waals surface area contributed by atoms with Crippen molar-refractivity contribution in [2.45, 2.75) is 25.1 Å². The van der Waals surface area contributed by atoms with Crippen molar-refractivity contribution >= 4 is 5.97 Å². The first-order valence-electron chi connectivity index (χ1n) is 6.56. The van der Waals surface area contributed by atoms with Gasteiger partial charge in [0, 0.05) is 13.1 Å². The van der Waals surface area contributed by atoms with Gasteiger partial charge in [-0.3, -0.25) is 0 Å². The van der Waals surface area contributed by atoms with E-state index in [1.165, 1.54) is 0 Å². The van der Waals surface area contributed by atoms with E-state index < -0.39 is 23.3 Å². The van der Waals surface area contributed by atoms with E-state index in [-0.39, 0.29) is 11.9 Å². The van der Waals surface area contributed by atoms with Crippen molar-refractivity contribution in [2.24, 2.45) is 0 Å². The average Bonchev–Trinajstić information content (AvgIpc) is 2.40. The van der Waals surface area contributed by atoms with E-state index in [0.717, 1.165) is 25.2 Å². The highest BCUT2D eigenvalue weighted by molar-refractivity contribution is 5.88. The number of hydrogen-bond acceptors (Lipinski definition) is 3. The third-order valence-corrected chi connectivity index (χ3v) is 3.45. The number of piperidine rings is 1. The monoisotopic (exact) mass is 303 g/mol. The number of rotatable bonds is 3. The number of carbonyl (C=O) groups is 1. The van der Waals surface area contributed by atoms with Crippen LogP contribution in [-0.2, 0) is 6.18 Å². The molecular weight excluding hydrogens is 287 g/mol. The highest BCUT2D eigenvalue weighted by Crippen LogP contribution is 2.33. The molecular formula is C14H16F3NO3. The van der Waals surface area contributed by atoms with E-state index in [1.807, 2.05) is 7.05 Å². The minimum Gasteiger partial charge on any atom is -0.490 e. The van der Waals surface area contributed by atoms with Crippen molar-refractivity contribution in [3.05, 3.63) is 29.3 Å². The predicted molar refractivity (Wildman–Crippen MR) is 69.6 cm³/mol. The molecule has 1 fully saturated rings. The molecule has 1 aliphatic rings. The molecule has 2 rings (SSSR count). The van der Waals surface area contributed by atoms with Gasteiger partial charge in [-0.25, -0.2) is 4.79 Å². The van der Waals surface area contributed by atoms with E-state index in [9.17, 15) is 18.0 Å². The zero-order valence-electron chi connectivity index (χ0n) is 11.5. The minimum absolute atomic E-state index is 0.0446. The number of aromatic carboxylic acids is 1. The fourth-order valence-electron chi connectivity index (χ4n) is 2.25. The van der Waals surface area contributed by atoms with Crippen LogP contribution in [0.1, 0.15) is 28.8 Å². The van der Waals surface area contributed by atoms with Crippen molar-refractivity contribution < 1.29 is 27.8 Å². The Morgan fingerprint density at radius 3 is 2.43 bits per heavy atom. The van der Waals surface area contributed by atoms with Crippen molar-refractivity contribution in [2.75, 3.05) is 20.1 Å². The molecule has 4 nitrogen and oxygen atoms in total. The Morgan fingerprint density at radius 1 is 1.29 bits per heavy atom. The Labute approximate surface area is 120 Å². The van der Waals surface area contributed by atoms with Gasteiger partial charge in [0.25, 0.3) is 0 Å². The molecule has 1 aromatic carbocycles. The second-order valence-electron chi connectivity index (χ2n) is 5.17. The van der Waals surface area contributed by atoms with Gasteiger partial charge in [0.2, 0.25) is 0 Å². The summed E-state index contributed by atoms with van der Waals surface area (Å²) >= 11 is 0. The molecule has 1 N–H and O–H groups in total. The Bertz CT molecular complexity index is 523. The van der Waals surface area contributed by atoms with E-state index >= 15 is 0 Å². The minimum atomic E-state index is -4.60. The van der Waals surface area contributed by atoms with Crippen molar-refractivity contribution in [3.63, 3.8) is 0 Å². The van der Waals surface area contributed by atoms with Crippen LogP contribution in [0.4, 0.5) is 13.2 Å². The highest BCUT2D eigenvalue weighted by atomic mass is 19.4. The van der Waals surface area contributed by atoms with E-state index in [2.05, 4.69) is 4.90 Å². The zero-order chi connectivity index (χ0) is 15.6. The maximum atomic E-state index is 12.8. The fourth-order valence-corrected chi connectivity index (χ4v) is 2.25. The molecule has 1 aromatic rings. The first kappa shape index (κ1) is 15.6. The van der Waals surface area contributed by atoms with Gasteiger partial charge in [-0.15, -0.1) is 0 Å². The molecule has 0 radical (unpaired) electrons. The van der Waals surface area contributed by atoms with Crippen LogP contribution in [0.3, 0.4) is 0 Å². The normalized spacial score (nSPS) is 17.7. The quantitative estimate of drug-likeness (QED) is 0.933. The summed E-state index contributed by atoms with van der Waals surface area (Å²) in [6, 6.07) is 2.60. The topological polar surface area (TPSA) is 49.8 Å². The number of benzene rings is 1. The van der Waals surface area contributed by atoms with Gasteiger partial charge in [-0.1, -0.05) is 0 Å². The number of alkyl halides is 3. The molecule has 0 saturated carbocycles. The zero-order valence-corrected chi connectivity index (χ0v) is 11.5. The lowest BCUT2D eigenvalue weighted by Gasteiger charge is -2.29. The first-order chi connectivity index (χ1) is 9.75. The lowest BCUT2D eigenvalue weighted by Crippen LogP contribution is -2.35. The van der Waals surface area contributed by atoms with Crippen LogP contribution in [0.25, 0.3) is 0 Å². The summed E-state index contributed by atoms with van der Waals surface area (Å²) in [5, 5.41) is 8.91. The second kappa shape index (κ2) is 5.93. The molecule has 1 aliphatic heterocycles. The van der Waals surface area contributed by atoms with Crippen LogP contribution in [0.15, 0.2) is 18.2 Å². The Balaban J connectivity index is 2.22. The molecule has 21 heavy (non-hydrogen) atoms. The van der Waals surface area contributed by atoms with Crippen LogP contribution < -0.4 is 4.74 Å². The first-order valence-corrected chi connectivity index (χ1v) is 6.56. The van der Waals surface area contributed by atoms with Crippen LogP contribution in [0.2, 0.25) is 0 Å². The van der Waals surface area contributed by atoms with Gasteiger partial charge in [0.15, 0.2) is 0 Å². The van der Waals surface area contributed by atoms with Gasteiger partial charge >= 0.3 is 12.1 Å². The van der Waals surface area contributed by atoms with Crippen molar-refractivity contribution in [1.82, 2.24) is 4.90 Å². The van der Waals surface area contributed by atoms with E-state index in [0.29, 0.717) is 18.9 Å². The molecule has 7 heteroatoms. The number of hydrogen-bond donors (Lipinski definition) is 1. The van der Waals surface area contributed by atoms with Crippen LogP contribution >= 0.6 is 0 Å². The number of nitrogens with zero attached hydrogens (tertiary/aromatic N) is 1. The van der Waals surface area contributed by atoms with Gasteiger partial charge in [0.05, 0.1) is 11.1 Å². The Kier molecular flexibility index (Phi) is 4.41. The van der Waals surface area contributed by atoms with E-state index in [1.54, 1.807) is 0 Å². The second-order valence-corrected chi connectivity index (χ2v) is 5.17.